The van der Waals surface area contributed by atoms with E-state index < -0.39 is 0 Å². The van der Waals surface area contributed by atoms with Gasteiger partial charge in [0.05, 0.1) is 5.69 Å². The van der Waals surface area contributed by atoms with E-state index in [0.717, 1.165) is 44.0 Å². The smallest absolute Gasteiger partial charge is 0.151 e. The Hall–Kier alpha value is -0.580. The van der Waals surface area contributed by atoms with Gasteiger partial charge in [-0.05, 0) is 32.4 Å². The van der Waals surface area contributed by atoms with Gasteiger partial charge >= 0.3 is 0 Å². The Morgan fingerprint density at radius 2 is 2.30 bits per heavy atom. The maximum atomic E-state index is 6.20. The molecule has 0 radical (unpaired) electrons. The van der Waals surface area contributed by atoms with Gasteiger partial charge in [-0.3, -0.25) is 0 Å². The van der Waals surface area contributed by atoms with Crippen LogP contribution in [0.15, 0.2) is 0 Å². The van der Waals surface area contributed by atoms with Gasteiger partial charge in [0.25, 0.3) is 0 Å². The van der Waals surface area contributed by atoms with E-state index in [4.69, 9.17) is 11.6 Å². The number of hydrogen-bond donors (Lipinski definition) is 2. The van der Waals surface area contributed by atoms with Crippen molar-refractivity contribution >= 4 is 11.6 Å². The molecule has 1 aliphatic heterocycles. The third-order valence-electron chi connectivity index (χ3n) is 4.06. The molecule has 0 bridgehead atoms. The first-order chi connectivity index (χ1) is 9.72. The van der Waals surface area contributed by atoms with Gasteiger partial charge in [0, 0.05) is 25.6 Å². The predicted octanol–water partition coefficient (Wildman–Crippen LogP) is 2.98. The number of unbranched alkanes of at least 4 members (excludes halogenated alkanes) is 1. The van der Waals surface area contributed by atoms with Gasteiger partial charge in [-0.25, -0.2) is 4.98 Å². The van der Waals surface area contributed by atoms with Crippen molar-refractivity contribution in [2.75, 3.05) is 19.6 Å². The molecule has 5 heteroatoms. The standard InChI is InChI=1S/C15H27ClN4/c1-3-5-8-14-18-13(15(16)19-14)10-17-12-7-6-9-20(4-2)11-12/h12,17H,3-11H2,1-2H3,(H,18,19). The van der Waals surface area contributed by atoms with Crippen molar-refractivity contribution < 1.29 is 0 Å². The molecule has 1 atom stereocenters. The molecule has 1 unspecified atom stereocenters. The number of H-pyrrole nitrogens is 1. The fourth-order valence-electron chi connectivity index (χ4n) is 2.78. The summed E-state index contributed by atoms with van der Waals surface area (Å²) in [6.07, 6.45) is 5.86. The van der Waals surface area contributed by atoms with Crippen molar-refractivity contribution in [1.82, 2.24) is 20.2 Å². The first-order valence-electron chi connectivity index (χ1n) is 7.91. The SMILES string of the molecule is CCCCc1nc(Cl)c(CNC2CCCN(CC)C2)[nH]1. The van der Waals surface area contributed by atoms with Gasteiger partial charge in [-0.1, -0.05) is 31.9 Å². The number of nitrogens with one attached hydrogen (secondary N) is 2. The van der Waals surface area contributed by atoms with Gasteiger partial charge in [0.15, 0.2) is 5.15 Å². The number of piperidine rings is 1. The summed E-state index contributed by atoms with van der Waals surface area (Å²) < 4.78 is 0. The second-order valence-corrected chi connectivity index (χ2v) is 6.03. The van der Waals surface area contributed by atoms with Crippen LogP contribution in [-0.2, 0) is 13.0 Å². The summed E-state index contributed by atoms with van der Waals surface area (Å²) in [5.74, 6) is 1.02. The number of rotatable bonds is 7. The Balaban J connectivity index is 1.82. The molecule has 0 amide bonds. The van der Waals surface area contributed by atoms with Crippen molar-refractivity contribution in [2.45, 2.75) is 58.5 Å². The number of halogens is 1. The summed E-state index contributed by atoms with van der Waals surface area (Å²) in [5.41, 5.74) is 1.03. The van der Waals surface area contributed by atoms with Crippen molar-refractivity contribution in [3.05, 3.63) is 16.7 Å². The molecular weight excluding hydrogens is 272 g/mol. The van der Waals surface area contributed by atoms with Gasteiger partial charge in [-0.15, -0.1) is 0 Å². The zero-order valence-electron chi connectivity index (χ0n) is 12.7. The first kappa shape index (κ1) is 15.8. The van der Waals surface area contributed by atoms with Crippen molar-refractivity contribution in [1.29, 1.82) is 0 Å². The largest absolute Gasteiger partial charge is 0.344 e. The van der Waals surface area contributed by atoms with E-state index in [2.05, 4.69) is 34.0 Å². The second kappa shape index (κ2) is 8.01. The molecule has 0 aromatic carbocycles. The lowest BCUT2D eigenvalue weighted by atomic mass is 10.1. The minimum atomic E-state index is 0.571. The Morgan fingerprint density at radius 3 is 3.05 bits per heavy atom. The van der Waals surface area contributed by atoms with Crippen molar-refractivity contribution in [3.63, 3.8) is 0 Å². The van der Waals surface area contributed by atoms with Crippen LogP contribution < -0.4 is 5.32 Å². The van der Waals surface area contributed by atoms with Gasteiger partial charge in [0.1, 0.15) is 5.82 Å². The number of aromatic amines is 1. The van der Waals surface area contributed by atoms with E-state index in [1.54, 1.807) is 0 Å². The number of likely N-dealkylation sites (tertiary alicyclic amines) is 1. The number of aromatic nitrogens is 2. The zero-order valence-corrected chi connectivity index (χ0v) is 13.5. The topological polar surface area (TPSA) is 44.0 Å². The molecule has 2 rings (SSSR count). The van der Waals surface area contributed by atoms with Crippen LogP contribution in [0.25, 0.3) is 0 Å². The summed E-state index contributed by atoms with van der Waals surface area (Å²) in [7, 11) is 0. The third kappa shape index (κ3) is 4.47. The zero-order chi connectivity index (χ0) is 14.4. The summed E-state index contributed by atoms with van der Waals surface area (Å²) in [5, 5.41) is 4.25. The molecule has 4 nitrogen and oxygen atoms in total. The third-order valence-corrected chi connectivity index (χ3v) is 4.38. The predicted molar refractivity (Wildman–Crippen MR) is 84.2 cm³/mol. The molecular formula is C15H27ClN4. The average Bonchev–Trinajstić information content (AvgIpc) is 2.83. The van der Waals surface area contributed by atoms with Crippen molar-refractivity contribution in [2.24, 2.45) is 0 Å². The lowest BCUT2D eigenvalue weighted by molar-refractivity contribution is 0.198. The Morgan fingerprint density at radius 1 is 1.45 bits per heavy atom. The number of likely N-dealkylation sites (N-methyl/N-ethyl adjacent to an activating group) is 1. The van der Waals surface area contributed by atoms with Crippen LogP contribution >= 0.6 is 11.6 Å². The molecule has 1 fully saturated rings. The fourth-order valence-corrected chi connectivity index (χ4v) is 2.99. The van der Waals surface area contributed by atoms with Gasteiger partial charge in [-0.2, -0.15) is 0 Å². The minimum Gasteiger partial charge on any atom is -0.344 e. The molecule has 2 N–H and O–H groups in total. The highest BCUT2D eigenvalue weighted by atomic mass is 35.5. The van der Waals surface area contributed by atoms with E-state index in [0.29, 0.717) is 11.2 Å². The Bertz CT molecular complexity index is 405. The molecule has 20 heavy (non-hydrogen) atoms. The Labute approximate surface area is 127 Å². The lowest BCUT2D eigenvalue weighted by Crippen LogP contribution is -2.45. The lowest BCUT2D eigenvalue weighted by Gasteiger charge is -2.32. The number of nitrogens with zero attached hydrogens (tertiary/aromatic N) is 2. The molecule has 1 aromatic rings. The van der Waals surface area contributed by atoms with E-state index >= 15 is 0 Å². The van der Waals surface area contributed by atoms with Crippen LogP contribution in [0.3, 0.4) is 0 Å². The van der Waals surface area contributed by atoms with E-state index in [-0.39, 0.29) is 0 Å². The van der Waals surface area contributed by atoms with Crippen LogP contribution in [0.2, 0.25) is 5.15 Å². The highest BCUT2D eigenvalue weighted by molar-refractivity contribution is 6.30. The average molecular weight is 299 g/mol. The summed E-state index contributed by atoms with van der Waals surface area (Å²) in [4.78, 5) is 10.3. The van der Waals surface area contributed by atoms with E-state index in [9.17, 15) is 0 Å². The van der Waals surface area contributed by atoms with Crippen LogP contribution in [0.1, 0.15) is 51.0 Å². The molecule has 0 aliphatic carbocycles. The first-order valence-corrected chi connectivity index (χ1v) is 8.29. The summed E-state index contributed by atoms with van der Waals surface area (Å²) in [6, 6.07) is 0.571. The van der Waals surface area contributed by atoms with Crippen LogP contribution in [-0.4, -0.2) is 40.5 Å². The van der Waals surface area contributed by atoms with Crippen LogP contribution in [0.4, 0.5) is 0 Å². The maximum Gasteiger partial charge on any atom is 0.151 e. The van der Waals surface area contributed by atoms with E-state index in [1.807, 2.05) is 0 Å². The highest BCUT2D eigenvalue weighted by Crippen LogP contribution is 2.15. The maximum absolute atomic E-state index is 6.20. The molecule has 1 aliphatic rings. The van der Waals surface area contributed by atoms with Gasteiger partial charge in [0.2, 0.25) is 0 Å². The number of hydrogen-bond acceptors (Lipinski definition) is 3. The summed E-state index contributed by atoms with van der Waals surface area (Å²) in [6.45, 7) is 8.74. The minimum absolute atomic E-state index is 0.571. The molecule has 0 saturated carbocycles. The van der Waals surface area contributed by atoms with Crippen LogP contribution in [0.5, 0.6) is 0 Å². The second-order valence-electron chi connectivity index (χ2n) is 5.67. The van der Waals surface area contributed by atoms with Crippen LogP contribution in [0, 0.1) is 0 Å². The quantitative estimate of drug-likeness (QED) is 0.813. The Kier molecular flexibility index (Phi) is 6.33. The van der Waals surface area contributed by atoms with Gasteiger partial charge < -0.3 is 15.2 Å². The summed E-state index contributed by atoms with van der Waals surface area (Å²) >= 11 is 6.20. The number of imidazole rings is 1. The number of aryl methyl sites for hydroxylation is 1. The molecule has 1 saturated heterocycles. The normalized spacial score (nSPS) is 20.4. The fraction of sp³-hybridized carbons (Fsp3) is 0.800. The highest BCUT2D eigenvalue weighted by Gasteiger charge is 2.18. The molecule has 1 aromatic heterocycles. The molecule has 2 heterocycles. The molecule has 0 spiro atoms. The van der Waals surface area contributed by atoms with Crippen molar-refractivity contribution in [3.8, 4) is 0 Å². The monoisotopic (exact) mass is 298 g/mol. The molecule has 114 valence electrons. The van der Waals surface area contributed by atoms with E-state index in [1.165, 1.54) is 25.8 Å².